The van der Waals surface area contributed by atoms with Gasteiger partial charge in [-0.15, -0.1) is 0 Å². The highest BCUT2D eigenvalue weighted by Gasteiger charge is 2.09. The largest absolute Gasteiger partial charge is 0.357 e. The van der Waals surface area contributed by atoms with Crippen molar-refractivity contribution in [1.29, 1.82) is 0 Å². The van der Waals surface area contributed by atoms with Crippen LogP contribution in [-0.4, -0.2) is 36.7 Å². The summed E-state index contributed by atoms with van der Waals surface area (Å²) in [5.74, 6) is 0. The van der Waals surface area contributed by atoms with Crippen LogP contribution in [0.4, 0.5) is 0 Å². The quantitative estimate of drug-likeness (QED) is 0.741. The predicted octanol–water partition coefficient (Wildman–Crippen LogP) is 2.20. The van der Waals surface area contributed by atoms with E-state index >= 15 is 0 Å². The van der Waals surface area contributed by atoms with E-state index in [0.29, 0.717) is 0 Å². The molecule has 0 saturated carbocycles. The molecule has 1 heterocycles. The number of hydrogen-bond acceptors (Lipinski definition) is 2. The number of likely N-dealkylation sites (N-methyl/N-ethyl adjacent to an activating group) is 1. The highest BCUT2D eigenvalue weighted by Crippen LogP contribution is 2.16. The lowest BCUT2D eigenvalue weighted by Gasteiger charge is -2.20. The molecule has 1 aromatic rings. The van der Waals surface area contributed by atoms with E-state index in [9.17, 15) is 0 Å². The highest BCUT2D eigenvalue weighted by molar-refractivity contribution is 5.14. The molecule has 0 bridgehead atoms. The van der Waals surface area contributed by atoms with Gasteiger partial charge in [-0.3, -0.25) is 0 Å². The topological polar surface area (TPSA) is 17.4 Å². The molecule has 0 saturated heterocycles. The van der Waals surface area contributed by atoms with Crippen LogP contribution in [0, 0.1) is 13.8 Å². The third-order valence-electron chi connectivity index (χ3n) is 2.59. The molecule has 1 rings (SSSR count). The molecule has 0 fully saturated rings. The summed E-state index contributed by atoms with van der Waals surface area (Å²) in [5, 5.41) is 0. The minimum atomic E-state index is 0.125. The second-order valence-corrected chi connectivity index (χ2v) is 4.26. The van der Waals surface area contributed by atoms with E-state index in [1.807, 2.05) is 0 Å². The molecule has 0 radical (unpaired) electrons. The molecule has 3 nitrogen and oxygen atoms in total. The number of rotatable bonds is 5. The van der Waals surface area contributed by atoms with E-state index in [1.165, 1.54) is 11.4 Å². The third-order valence-corrected chi connectivity index (χ3v) is 2.59. The Kier molecular flexibility index (Phi) is 4.36. The number of aryl methyl sites for hydroxylation is 2. The fraction of sp³-hybridized carbons (Fsp3) is 0.667. The van der Waals surface area contributed by atoms with Crippen molar-refractivity contribution < 1.29 is 4.74 Å². The Hall–Kier alpha value is -0.800. The zero-order chi connectivity index (χ0) is 11.4. The Morgan fingerprint density at radius 3 is 2.27 bits per heavy atom. The highest BCUT2D eigenvalue weighted by atomic mass is 16.5. The molecule has 1 aromatic heterocycles. The summed E-state index contributed by atoms with van der Waals surface area (Å²) in [6.45, 7) is 8.04. The van der Waals surface area contributed by atoms with Crippen molar-refractivity contribution in [3.05, 3.63) is 23.5 Å². The first-order chi connectivity index (χ1) is 7.02. The van der Waals surface area contributed by atoms with E-state index in [2.05, 4.69) is 56.5 Å². The molecule has 0 amide bonds. The smallest absolute Gasteiger partial charge is 0.131 e. The summed E-state index contributed by atoms with van der Waals surface area (Å²) in [6, 6.07) is 4.25. The van der Waals surface area contributed by atoms with Crippen molar-refractivity contribution in [2.75, 3.05) is 27.2 Å². The van der Waals surface area contributed by atoms with Gasteiger partial charge in [0.1, 0.15) is 6.23 Å². The van der Waals surface area contributed by atoms with Gasteiger partial charge < -0.3 is 14.2 Å². The Morgan fingerprint density at radius 2 is 1.80 bits per heavy atom. The minimum Gasteiger partial charge on any atom is -0.357 e. The number of nitrogens with zero attached hydrogens (tertiary/aromatic N) is 2. The molecule has 0 aliphatic heterocycles. The van der Waals surface area contributed by atoms with Crippen molar-refractivity contribution in [2.24, 2.45) is 0 Å². The maximum atomic E-state index is 5.78. The van der Waals surface area contributed by atoms with Gasteiger partial charge in [0.2, 0.25) is 0 Å². The van der Waals surface area contributed by atoms with E-state index in [1.54, 1.807) is 0 Å². The van der Waals surface area contributed by atoms with E-state index < -0.39 is 0 Å². The molecule has 0 N–H and O–H groups in total. The zero-order valence-electron chi connectivity index (χ0n) is 10.4. The molecule has 0 spiro atoms. The van der Waals surface area contributed by atoms with Crippen LogP contribution < -0.4 is 0 Å². The summed E-state index contributed by atoms with van der Waals surface area (Å²) in [6.07, 6.45) is 0.125. The van der Waals surface area contributed by atoms with Crippen LogP contribution >= 0.6 is 0 Å². The monoisotopic (exact) mass is 210 g/mol. The van der Waals surface area contributed by atoms with E-state index in [4.69, 9.17) is 4.74 Å². The maximum absolute atomic E-state index is 5.78. The van der Waals surface area contributed by atoms with Crippen LogP contribution in [0.25, 0.3) is 0 Å². The van der Waals surface area contributed by atoms with Gasteiger partial charge >= 0.3 is 0 Å². The Bertz CT molecular complexity index is 285. The number of ether oxygens (including phenoxy) is 1. The van der Waals surface area contributed by atoms with Crippen molar-refractivity contribution >= 4 is 0 Å². The minimum absolute atomic E-state index is 0.125. The molecule has 0 aliphatic rings. The van der Waals surface area contributed by atoms with Crippen molar-refractivity contribution in [1.82, 2.24) is 9.47 Å². The Labute approximate surface area is 92.6 Å². The first-order valence-corrected chi connectivity index (χ1v) is 5.43. The number of hydrogen-bond donors (Lipinski definition) is 0. The lowest BCUT2D eigenvalue weighted by atomic mass is 10.4. The first-order valence-electron chi connectivity index (χ1n) is 5.43. The average molecular weight is 210 g/mol. The summed E-state index contributed by atoms with van der Waals surface area (Å²) in [7, 11) is 4.11. The van der Waals surface area contributed by atoms with Gasteiger partial charge in [0.25, 0.3) is 0 Å². The van der Waals surface area contributed by atoms with Gasteiger partial charge in [-0.1, -0.05) is 0 Å². The normalized spacial score (nSPS) is 13.5. The van der Waals surface area contributed by atoms with Crippen molar-refractivity contribution in [2.45, 2.75) is 27.0 Å². The van der Waals surface area contributed by atoms with Crippen molar-refractivity contribution in [3.63, 3.8) is 0 Å². The van der Waals surface area contributed by atoms with Gasteiger partial charge in [-0.25, -0.2) is 0 Å². The molecular weight excluding hydrogens is 188 g/mol. The maximum Gasteiger partial charge on any atom is 0.131 e. The number of aromatic nitrogens is 1. The van der Waals surface area contributed by atoms with Crippen LogP contribution in [0.15, 0.2) is 12.1 Å². The van der Waals surface area contributed by atoms with Gasteiger partial charge in [-0.2, -0.15) is 0 Å². The van der Waals surface area contributed by atoms with Crippen LogP contribution in [0.3, 0.4) is 0 Å². The Balaban J connectivity index is 2.50. The van der Waals surface area contributed by atoms with Gasteiger partial charge in [0, 0.05) is 17.9 Å². The van der Waals surface area contributed by atoms with Gasteiger partial charge in [0.15, 0.2) is 0 Å². The van der Waals surface area contributed by atoms with Crippen LogP contribution in [-0.2, 0) is 4.74 Å². The molecule has 0 aliphatic carbocycles. The fourth-order valence-corrected chi connectivity index (χ4v) is 1.73. The zero-order valence-corrected chi connectivity index (χ0v) is 10.4. The van der Waals surface area contributed by atoms with Gasteiger partial charge in [0.05, 0.1) is 6.61 Å². The summed E-state index contributed by atoms with van der Waals surface area (Å²) >= 11 is 0. The summed E-state index contributed by atoms with van der Waals surface area (Å²) < 4.78 is 8.00. The molecule has 1 unspecified atom stereocenters. The van der Waals surface area contributed by atoms with Crippen LogP contribution in [0.1, 0.15) is 24.5 Å². The lowest BCUT2D eigenvalue weighted by Crippen LogP contribution is -2.21. The third kappa shape index (κ3) is 3.36. The second-order valence-electron chi connectivity index (χ2n) is 4.26. The summed E-state index contributed by atoms with van der Waals surface area (Å²) in [4.78, 5) is 2.13. The van der Waals surface area contributed by atoms with E-state index in [0.717, 1.165) is 13.2 Å². The fourth-order valence-electron chi connectivity index (χ4n) is 1.73. The first kappa shape index (κ1) is 12.3. The molecule has 0 aromatic carbocycles. The molecule has 15 heavy (non-hydrogen) atoms. The summed E-state index contributed by atoms with van der Waals surface area (Å²) in [5.41, 5.74) is 2.51. The lowest BCUT2D eigenvalue weighted by molar-refractivity contribution is 0.00745. The Morgan fingerprint density at radius 1 is 1.27 bits per heavy atom. The SMILES string of the molecule is Cc1ccc(C)n1C(C)OCCN(C)C. The second kappa shape index (κ2) is 5.33. The molecule has 3 heteroatoms. The van der Waals surface area contributed by atoms with Gasteiger partial charge in [-0.05, 0) is 47.0 Å². The van der Waals surface area contributed by atoms with E-state index in [-0.39, 0.29) is 6.23 Å². The average Bonchev–Trinajstić information content (AvgIpc) is 2.45. The molecule has 1 atom stereocenters. The molecular formula is C12H22N2O. The van der Waals surface area contributed by atoms with Crippen LogP contribution in [0.5, 0.6) is 0 Å². The molecule has 86 valence electrons. The van der Waals surface area contributed by atoms with Crippen LogP contribution in [0.2, 0.25) is 0 Å². The van der Waals surface area contributed by atoms with Crippen molar-refractivity contribution in [3.8, 4) is 0 Å². The standard InChI is InChI=1S/C12H22N2O/c1-10-6-7-11(2)14(10)12(3)15-9-8-13(4)5/h6-7,12H,8-9H2,1-5H3. The predicted molar refractivity (Wildman–Crippen MR) is 63.1 cm³/mol.